The van der Waals surface area contributed by atoms with Crippen molar-refractivity contribution in [3.63, 3.8) is 0 Å². The summed E-state index contributed by atoms with van der Waals surface area (Å²) in [6.07, 6.45) is 1.74. The molecule has 0 aliphatic rings. The van der Waals surface area contributed by atoms with Gasteiger partial charge in [0.2, 0.25) is 0 Å². The number of halogens is 2. The van der Waals surface area contributed by atoms with Gasteiger partial charge in [-0.1, -0.05) is 11.6 Å². The Morgan fingerprint density at radius 2 is 2.31 bits per heavy atom. The number of benzene rings is 1. The smallest absolute Gasteiger partial charge is 0.143 e. The lowest BCUT2D eigenvalue weighted by Crippen LogP contribution is -2.00. The monoisotopic (exact) mass is 239 g/mol. The number of hydrogen-bond donors (Lipinski definition) is 2. The van der Waals surface area contributed by atoms with Gasteiger partial charge in [0.25, 0.3) is 0 Å². The average molecular weight is 240 g/mol. The normalized spacial score (nSPS) is 10.4. The van der Waals surface area contributed by atoms with Gasteiger partial charge in [-0.2, -0.15) is 0 Å². The molecule has 1 heterocycles. The molecule has 2 aromatic rings. The summed E-state index contributed by atoms with van der Waals surface area (Å²) in [6, 6.07) is 4.62. The van der Waals surface area contributed by atoms with Crippen LogP contribution < -0.4 is 5.32 Å². The zero-order valence-corrected chi connectivity index (χ0v) is 9.48. The zero-order valence-electron chi connectivity index (χ0n) is 8.72. The molecule has 0 aliphatic heterocycles. The van der Waals surface area contributed by atoms with Crippen LogP contribution in [0.3, 0.4) is 0 Å². The first-order chi connectivity index (χ1) is 7.65. The van der Waals surface area contributed by atoms with Gasteiger partial charge in [0.15, 0.2) is 0 Å². The van der Waals surface area contributed by atoms with E-state index in [2.05, 4.69) is 15.3 Å². The maximum absolute atomic E-state index is 13.1. The molecule has 0 amide bonds. The highest BCUT2D eigenvalue weighted by Gasteiger charge is 2.01. The third-order valence-corrected chi connectivity index (χ3v) is 2.46. The fourth-order valence-electron chi connectivity index (χ4n) is 1.36. The van der Waals surface area contributed by atoms with Crippen LogP contribution in [0.5, 0.6) is 0 Å². The number of aromatic amines is 1. The molecule has 3 nitrogen and oxygen atoms in total. The van der Waals surface area contributed by atoms with E-state index in [0.717, 1.165) is 11.5 Å². The number of hydrogen-bond acceptors (Lipinski definition) is 2. The SMILES string of the molecule is Cc1ncc(CNc2ccc(Cl)c(F)c2)[nH]1. The third-order valence-electron chi connectivity index (χ3n) is 2.16. The van der Waals surface area contributed by atoms with Crippen molar-refractivity contribution in [2.24, 2.45) is 0 Å². The summed E-state index contributed by atoms with van der Waals surface area (Å²) in [5.41, 5.74) is 1.64. The first kappa shape index (κ1) is 11.0. The molecule has 2 N–H and O–H groups in total. The van der Waals surface area contributed by atoms with E-state index < -0.39 is 5.82 Å². The van der Waals surface area contributed by atoms with Crippen LogP contribution in [0.4, 0.5) is 10.1 Å². The van der Waals surface area contributed by atoms with Crippen molar-refractivity contribution in [3.8, 4) is 0 Å². The fraction of sp³-hybridized carbons (Fsp3) is 0.182. The lowest BCUT2D eigenvalue weighted by molar-refractivity contribution is 0.628. The maximum atomic E-state index is 13.1. The summed E-state index contributed by atoms with van der Waals surface area (Å²) in [5, 5.41) is 3.20. The standard InChI is InChI=1S/C11H11ClFN3/c1-7-14-5-9(16-7)6-15-8-2-3-10(12)11(13)4-8/h2-5,15H,6H2,1H3,(H,14,16). The predicted octanol–water partition coefficient (Wildman–Crippen LogP) is 3.12. The van der Waals surface area contributed by atoms with Crippen LogP contribution in [0.15, 0.2) is 24.4 Å². The van der Waals surface area contributed by atoms with Crippen LogP contribution in [0.2, 0.25) is 5.02 Å². The third kappa shape index (κ3) is 2.52. The molecule has 0 saturated heterocycles. The Hall–Kier alpha value is -1.55. The average Bonchev–Trinajstić information content (AvgIpc) is 2.66. The molecule has 0 bridgehead atoms. The minimum absolute atomic E-state index is 0.128. The Balaban J connectivity index is 2.02. The van der Waals surface area contributed by atoms with Gasteiger partial charge in [-0.25, -0.2) is 9.37 Å². The molecule has 0 unspecified atom stereocenters. The molecule has 16 heavy (non-hydrogen) atoms. The van der Waals surface area contributed by atoms with E-state index in [1.807, 2.05) is 6.92 Å². The van der Waals surface area contributed by atoms with E-state index in [1.165, 1.54) is 12.1 Å². The van der Waals surface area contributed by atoms with E-state index in [4.69, 9.17) is 11.6 Å². The number of aromatic nitrogens is 2. The second-order valence-electron chi connectivity index (χ2n) is 3.48. The Morgan fingerprint density at radius 1 is 1.50 bits per heavy atom. The first-order valence-electron chi connectivity index (χ1n) is 4.84. The molecule has 5 heteroatoms. The van der Waals surface area contributed by atoms with Gasteiger partial charge >= 0.3 is 0 Å². The van der Waals surface area contributed by atoms with Gasteiger partial charge in [-0.15, -0.1) is 0 Å². The second kappa shape index (κ2) is 4.53. The number of anilines is 1. The van der Waals surface area contributed by atoms with Crippen LogP contribution in [0.1, 0.15) is 11.5 Å². The summed E-state index contributed by atoms with van der Waals surface area (Å²) in [6.45, 7) is 2.45. The molecule has 0 aliphatic carbocycles. The summed E-state index contributed by atoms with van der Waals surface area (Å²) >= 11 is 5.58. The van der Waals surface area contributed by atoms with Crippen molar-refractivity contribution in [2.45, 2.75) is 13.5 Å². The van der Waals surface area contributed by atoms with Crippen molar-refractivity contribution in [1.29, 1.82) is 0 Å². The molecule has 0 fully saturated rings. The van der Waals surface area contributed by atoms with E-state index in [1.54, 1.807) is 12.3 Å². The van der Waals surface area contributed by atoms with Crippen molar-refractivity contribution < 1.29 is 4.39 Å². The fourth-order valence-corrected chi connectivity index (χ4v) is 1.48. The Morgan fingerprint density at radius 3 is 2.94 bits per heavy atom. The molecular formula is C11H11ClFN3. The highest BCUT2D eigenvalue weighted by Crippen LogP contribution is 2.18. The highest BCUT2D eigenvalue weighted by molar-refractivity contribution is 6.30. The van der Waals surface area contributed by atoms with Crippen molar-refractivity contribution in [1.82, 2.24) is 9.97 Å². The Kier molecular flexibility index (Phi) is 3.10. The van der Waals surface area contributed by atoms with E-state index >= 15 is 0 Å². The summed E-state index contributed by atoms with van der Waals surface area (Å²) in [4.78, 5) is 7.15. The molecule has 0 spiro atoms. The maximum Gasteiger partial charge on any atom is 0.143 e. The minimum atomic E-state index is -0.424. The van der Waals surface area contributed by atoms with E-state index in [9.17, 15) is 4.39 Å². The number of aryl methyl sites for hydroxylation is 1. The van der Waals surface area contributed by atoms with Crippen LogP contribution >= 0.6 is 11.6 Å². The van der Waals surface area contributed by atoms with Crippen LogP contribution in [-0.2, 0) is 6.54 Å². The van der Waals surface area contributed by atoms with Crippen LogP contribution in [0, 0.1) is 12.7 Å². The molecule has 1 aromatic heterocycles. The van der Waals surface area contributed by atoms with Gasteiger partial charge in [0.05, 0.1) is 23.5 Å². The number of nitrogens with zero attached hydrogens (tertiary/aromatic N) is 1. The first-order valence-corrected chi connectivity index (χ1v) is 5.22. The van der Waals surface area contributed by atoms with Gasteiger partial charge in [0.1, 0.15) is 11.6 Å². The predicted molar refractivity (Wildman–Crippen MR) is 62.1 cm³/mol. The lowest BCUT2D eigenvalue weighted by Gasteiger charge is -2.05. The van der Waals surface area contributed by atoms with Gasteiger partial charge in [0, 0.05) is 5.69 Å². The molecule has 1 aromatic carbocycles. The molecule has 0 radical (unpaired) electrons. The summed E-state index contributed by atoms with van der Waals surface area (Å²) in [7, 11) is 0. The zero-order chi connectivity index (χ0) is 11.5. The topological polar surface area (TPSA) is 40.7 Å². The molecule has 84 valence electrons. The quantitative estimate of drug-likeness (QED) is 0.864. The number of imidazole rings is 1. The van der Waals surface area contributed by atoms with E-state index in [-0.39, 0.29) is 5.02 Å². The van der Waals surface area contributed by atoms with Crippen LogP contribution in [0.25, 0.3) is 0 Å². The number of nitrogens with one attached hydrogen (secondary N) is 2. The Labute approximate surface area is 97.7 Å². The largest absolute Gasteiger partial charge is 0.379 e. The van der Waals surface area contributed by atoms with Gasteiger partial charge in [-0.05, 0) is 25.1 Å². The van der Waals surface area contributed by atoms with Gasteiger partial charge in [-0.3, -0.25) is 0 Å². The summed E-state index contributed by atoms with van der Waals surface area (Å²) < 4.78 is 13.1. The Bertz CT molecular complexity index is 496. The van der Waals surface area contributed by atoms with E-state index in [0.29, 0.717) is 12.2 Å². The highest BCUT2D eigenvalue weighted by atomic mass is 35.5. The summed E-state index contributed by atoms with van der Waals surface area (Å²) in [5.74, 6) is 0.437. The van der Waals surface area contributed by atoms with Gasteiger partial charge < -0.3 is 10.3 Å². The molecule has 0 atom stereocenters. The number of rotatable bonds is 3. The molecular weight excluding hydrogens is 229 g/mol. The molecule has 0 saturated carbocycles. The van der Waals surface area contributed by atoms with Crippen molar-refractivity contribution >= 4 is 17.3 Å². The molecule has 2 rings (SSSR count). The minimum Gasteiger partial charge on any atom is -0.379 e. The van der Waals surface area contributed by atoms with Crippen molar-refractivity contribution in [3.05, 3.63) is 46.8 Å². The van der Waals surface area contributed by atoms with Crippen LogP contribution in [-0.4, -0.2) is 9.97 Å². The second-order valence-corrected chi connectivity index (χ2v) is 3.88. The lowest BCUT2D eigenvalue weighted by atomic mass is 10.3. The van der Waals surface area contributed by atoms with Crippen molar-refractivity contribution in [2.75, 3.05) is 5.32 Å². The number of H-pyrrole nitrogens is 1.